The average Bonchev–Trinajstić information content (AvgIpc) is 3.22. The van der Waals surface area contributed by atoms with Gasteiger partial charge in [-0.3, -0.25) is 10.1 Å². The van der Waals surface area contributed by atoms with Crippen LogP contribution in [0.3, 0.4) is 0 Å². The second-order valence-corrected chi connectivity index (χ2v) is 6.79. The predicted octanol–water partition coefficient (Wildman–Crippen LogP) is 4.08. The molecule has 1 atom stereocenters. The zero-order valence-electron chi connectivity index (χ0n) is 12.4. The van der Waals surface area contributed by atoms with Crippen molar-refractivity contribution in [3.05, 3.63) is 59.1 Å². The predicted molar refractivity (Wildman–Crippen MR) is 95.7 cm³/mol. The van der Waals surface area contributed by atoms with Crippen LogP contribution in [0.1, 0.15) is 12.0 Å². The van der Waals surface area contributed by atoms with Crippen molar-refractivity contribution in [2.45, 2.75) is 12.5 Å². The zero-order valence-corrected chi connectivity index (χ0v) is 14.0. The molecule has 0 fully saturated rings. The van der Waals surface area contributed by atoms with Crippen molar-refractivity contribution in [2.75, 3.05) is 5.32 Å². The van der Waals surface area contributed by atoms with Crippen LogP contribution in [-0.2, 0) is 9.63 Å². The van der Waals surface area contributed by atoms with E-state index < -0.39 is 6.10 Å². The van der Waals surface area contributed by atoms with Crippen LogP contribution in [0.2, 0.25) is 5.02 Å². The van der Waals surface area contributed by atoms with Crippen LogP contribution in [0.25, 0.3) is 10.2 Å². The Bertz CT molecular complexity index is 939. The minimum Gasteiger partial charge on any atom is -0.382 e. The van der Waals surface area contributed by atoms with E-state index in [9.17, 15) is 4.79 Å². The largest absolute Gasteiger partial charge is 0.382 e. The number of amides is 1. The second-order valence-electron chi connectivity index (χ2n) is 5.32. The number of fused-ring (bicyclic) bond motifs is 1. The summed E-state index contributed by atoms with van der Waals surface area (Å²) in [7, 11) is 0. The van der Waals surface area contributed by atoms with Gasteiger partial charge in [0, 0.05) is 11.4 Å². The summed E-state index contributed by atoms with van der Waals surface area (Å²) < 4.78 is 0.923. The Hall–Kier alpha value is -2.44. The van der Waals surface area contributed by atoms with Crippen LogP contribution in [-0.4, -0.2) is 22.7 Å². The highest BCUT2D eigenvalue weighted by atomic mass is 35.5. The van der Waals surface area contributed by atoms with Gasteiger partial charge in [0.15, 0.2) is 5.13 Å². The fourth-order valence-corrected chi connectivity index (χ4v) is 3.60. The van der Waals surface area contributed by atoms with Crippen LogP contribution in [0, 0.1) is 0 Å². The second kappa shape index (κ2) is 6.22. The van der Waals surface area contributed by atoms with Crippen molar-refractivity contribution in [1.29, 1.82) is 0 Å². The summed E-state index contributed by atoms with van der Waals surface area (Å²) in [6.07, 6.45) is -0.206. The summed E-state index contributed by atoms with van der Waals surface area (Å²) in [5, 5.41) is 7.98. The molecule has 3 aromatic rings. The van der Waals surface area contributed by atoms with Gasteiger partial charge in [-0.25, -0.2) is 4.98 Å². The van der Waals surface area contributed by atoms with Gasteiger partial charge in [0.1, 0.15) is 0 Å². The van der Waals surface area contributed by atoms with Crippen LogP contribution in [0.5, 0.6) is 0 Å². The number of hydrogen-bond donors (Lipinski definition) is 1. The maximum Gasteiger partial charge on any atom is 0.270 e. The topological polar surface area (TPSA) is 63.6 Å². The number of rotatable bonds is 3. The monoisotopic (exact) mass is 357 g/mol. The van der Waals surface area contributed by atoms with E-state index in [2.05, 4.69) is 15.5 Å². The lowest BCUT2D eigenvalue weighted by molar-refractivity contribution is -0.125. The number of halogens is 1. The van der Waals surface area contributed by atoms with Crippen molar-refractivity contribution >= 4 is 49.9 Å². The van der Waals surface area contributed by atoms with E-state index in [0.29, 0.717) is 16.6 Å². The third kappa shape index (κ3) is 2.98. The Kier molecular flexibility index (Phi) is 3.92. The molecule has 2 heterocycles. The number of nitrogens with one attached hydrogen (secondary N) is 1. The summed E-state index contributed by atoms with van der Waals surface area (Å²) in [4.78, 5) is 22.0. The summed E-state index contributed by atoms with van der Waals surface area (Å²) >= 11 is 7.34. The minimum atomic E-state index is -0.643. The molecule has 0 saturated carbocycles. The molecular weight excluding hydrogens is 346 g/mol. The summed E-state index contributed by atoms with van der Waals surface area (Å²) in [5.41, 5.74) is 2.53. The third-order valence-electron chi connectivity index (χ3n) is 3.65. The molecule has 0 spiro atoms. The average molecular weight is 358 g/mol. The molecule has 1 N–H and O–H groups in total. The van der Waals surface area contributed by atoms with E-state index in [-0.39, 0.29) is 5.91 Å². The van der Waals surface area contributed by atoms with Gasteiger partial charge in [-0.2, -0.15) is 0 Å². The highest BCUT2D eigenvalue weighted by Crippen LogP contribution is 2.29. The molecule has 1 aliphatic rings. The van der Waals surface area contributed by atoms with Crippen molar-refractivity contribution in [3.63, 3.8) is 0 Å². The number of carbonyl (C=O) groups is 1. The van der Waals surface area contributed by atoms with Crippen LogP contribution >= 0.6 is 22.9 Å². The van der Waals surface area contributed by atoms with E-state index in [1.54, 1.807) is 6.07 Å². The number of thiazole rings is 1. The van der Waals surface area contributed by atoms with Gasteiger partial charge in [0.2, 0.25) is 6.10 Å². The fourth-order valence-electron chi connectivity index (χ4n) is 2.46. The first-order valence-electron chi connectivity index (χ1n) is 7.34. The number of oxime groups is 1. The maximum absolute atomic E-state index is 12.4. The normalized spacial score (nSPS) is 16.7. The van der Waals surface area contributed by atoms with Crippen LogP contribution in [0.15, 0.2) is 53.7 Å². The number of aromatic nitrogens is 1. The molecule has 7 heteroatoms. The molecule has 1 aliphatic heterocycles. The van der Waals surface area contributed by atoms with Crippen molar-refractivity contribution in [3.8, 4) is 0 Å². The molecule has 1 unspecified atom stereocenters. The van der Waals surface area contributed by atoms with E-state index in [0.717, 1.165) is 21.5 Å². The molecule has 24 heavy (non-hydrogen) atoms. The molecular formula is C17H12ClN3O2S. The Labute approximate surface area is 146 Å². The molecule has 0 bridgehead atoms. The van der Waals surface area contributed by atoms with Gasteiger partial charge in [-0.05, 0) is 23.8 Å². The molecule has 0 aliphatic carbocycles. The van der Waals surface area contributed by atoms with E-state index in [4.69, 9.17) is 16.4 Å². The highest BCUT2D eigenvalue weighted by Gasteiger charge is 2.29. The Morgan fingerprint density at radius 1 is 1.25 bits per heavy atom. The molecule has 4 rings (SSSR count). The van der Waals surface area contributed by atoms with Crippen LogP contribution in [0.4, 0.5) is 5.13 Å². The maximum atomic E-state index is 12.4. The first-order valence-corrected chi connectivity index (χ1v) is 8.53. The Balaban J connectivity index is 1.45. The first-order chi connectivity index (χ1) is 11.7. The van der Waals surface area contributed by atoms with Gasteiger partial charge in [-0.15, -0.1) is 0 Å². The van der Waals surface area contributed by atoms with Gasteiger partial charge in [-0.1, -0.05) is 58.4 Å². The quantitative estimate of drug-likeness (QED) is 0.768. The van der Waals surface area contributed by atoms with E-state index >= 15 is 0 Å². The van der Waals surface area contributed by atoms with Crippen molar-refractivity contribution < 1.29 is 9.63 Å². The van der Waals surface area contributed by atoms with Gasteiger partial charge in [0.05, 0.1) is 15.9 Å². The molecule has 0 radical (unpaired) electrons. The lowest BCUT2D eigenvalue weighted by atomic mass is 10.1. The number of benzene rings is 2. The minimum absolute atomic E-state index is 0.255. The standard InChI is InChI=1S/C17H12ClN3O2S/c18-11-6-7-12-15(8-11)24-17(19-12)20-16(22)14-9-13(21-23-14)10-4-2-1-3-5-10/h1-8,14H,9H2,(H,19,20,22). The van der Waals surface area contributed by atoms with E-state index in [1.807, 2.05) is 42.5 Å². The molecule has 5 nitrogen and oxygen atoms in total. The van der Waals surface area contributed by atoms with Gasteiger partial charge < -0.3 is 4.84 Å². The Morgan fingerprint density at radius 3 is 2.92 bits per heavy atom. The summed E-state index contributed by atoms with van der Waals surface area (Å²) in [6, 6.07) is 15.1. The van der Waals surface area contributed by atoms with Crippen LogP contribution < -0.4 is 5.32 Å². The summed E-state index contributed by atoms with van der Waals surface area (Å²) in [5.74, 6) is -0.255. The smallest absolute Gasteiger partial charge is 0.270 e. The number of carbonyl (C=O) groups excluding carboxylic acids is 1. The lowest BCUT2D eigenvalue weighted by Crippen LogP contribution is -2.27. The SMILES string of the molecule is O=C(Nc1nc2ccc(Cl)cc2s1)C1CC(c2ccccc2)=NO1. The number of anilines is 1. The van der Waals surface area contributed by atoms with Gasteiger partial charge in [0.25, 0.3) is 5.91 Å². The molecule has 1 aromatic heterocycles. The highest BCUT2D eigenvalue weighted by molar-refractivity contribution is 7.22. The molecule has 120 valence electrons. The molecule has 2 aromatic carbocycles. The fraction of sp³-hybridized carbons (Fsp3) is 0.118. The van der Waals surface area contributed by atoms with Crippen molar-refractivity contribution in [1.82, 2.24) is 4.98 Å². The lowest BCUT2D eigenvalue weighted by Gasteiger charge is -2.06. The zero-order chi connectivity index (χ0) is 16.5. The number of nitrogens with zero attached hydrogens (tertiary/aromatic N) is 2. The number of hydrogen-bond acceptors (Lipinski definition) is 5. The Morgan fingerprint density at radius 2 is 2.08 bits per heavy atom. The van der Waals surface area contributed by atoms with E-state index in [1.165, 1.54) is 11.3 Å². The molecule has 1 amide bonds. The molecule has 0 saturated heterocycles. The van der Waals surface area contributed by atoms with Crippen molar-refractivity contribution in [2.24, 2.45) is 5.16 Å². The van der Waals surface area contributed by atoms with Gasteiger partial charge >= 0.3 is 0 Å². The third-order valence-corrected chi connectivity index (χ3v) is 4.82. The first kappa shape index (κ1) is 15.1. The summed E-state index contributed by atoms with van der Waals surface area (Å²) in [6.45, 7) is 0.